The highest BCUT2D eigenvalue weighted by Gasteiger charge is 2.26. The Bertz CT molecular complexity index is 537. The van der Waals surface area contributed by atoms with Gasteiger partial charge in [0.1, 0.15) is 5.56 Å². The highest BCUT2D eigenvalue weighted by atomic mass is 19.2. The average Bonchev–Trinajstić information content (AvgIpc) is 2.45. The van der Waals surface area contributed by atoms with Gasteiger partial charge in [0.25, 0.3) is 11.6 Å². The van der Waals surface area contributed by atoms with Crippen molar-refractivity contribution in [3.05, 3.63) is 39.4 Å². The van der Waals surface area contributed by atoms with Crippen LogP contribution in [0.3, 0.4) is 0 Å². The van der Waals surface area contributed by atoms with Crippen molar-refractivity contribution in [2.75, 3.05) is 26.3 Å². The van der Waals surface area contributed by atoms with E-state index in [2.05, 4.69) is 0 Å². The molecule has 21 heavy (non-hydrogen) atoms. The number of nitro groups is 1. The molecule has 0 N–H and O–H groups in total. The van der Waals surface area contributed by atoms with Crippen LogP contribution in [0.25, 0.3) is 0 Å². The number of amides is 1. The molecule has 0 aliphatic heterocycles. The van der Waals surface area contributed by atoms with E-state index >= 15 is 0 Å². The molecular weight excluding hydrogens is 286 g/mol. The van der Waals surface area contributed by atoms with E-state index in [1.807, 2.05) is 0 Å². The van der Waals surface area contributed by atoms with Gasteiger partial charge in [-0.05, 0) is 19.9 Å². The summed E-state index contributed by atoms with van der Waals surface area (Å²) in [6.07, 6.45) is 0. The van der Waals surface area contributed by atoms with Crippen LogP contribution in [-0.4, -0.2) is 42.0 Å². The van der Waals surface area contributed by atoms with E-state index in [-0.39, 0.29) is 19.7 Å². The molecule has 0 radical (unpaired) electrons. The lowest BCUT2D eigenvalue weighted by Gasteiger charge is -2.20. The predicted molar refractivity (Wildman–Crippen MR) is 71.1 cm³/mol. The summed E-state index contributed by atoms with van der Waals surface area (Å²) in [4.78, 5) is 23.5. The second-order valence-electron chi connectivity index (χ2n) is 4.12. The summed E-state index contributed by atoms with van der Waals surface area (Å²) in [5.74, 6) is -3.40. The molecule has 0 unspecified atom stereocenters. The summed E-state index contributed by atoms with van der Waals surface area (Å²) in [5, 5.41) is 10.9. The minimum absolute atomic E-state index is 0.208. The standard InChI is InChI=1S/C13H16F2N2O4/c1-3-16(5-6-21-4-2)13(18)9-7-10(14)11(15)8-12(9)17(19)20/h7-8H,3-6H2,1-2H3. The first-order chi connectivity index (χ1) is 9.92. The number of hydrogen-bond donors (Lipinski definition) is 0. The Kier molecular flexibility index (Phi) is 6.16. The van der Waals surface area contributed by atoms with Gasteiger partial charge in [0.15, 0.2) is 11.6 Å². The van der Waals surface area contributed by atoms with Crippen molar-refractivity contribution in [2.24, 2.45) is 0 Å². The van der Waals surface area contributed by atoms with Gasteiger partial charge in [-0.1, -0.05) is 0 Å². The minimum atomic E-state index is -1.37. The number of hydrogen-bond acceptors (Lipinski definition) is 4. The van der Waals surface area contributed by atoms with E-state index in [0.717, 1.165) is 0 Å². The topological polar surface area (TPSA) is 72.7 Å². The van der Waals surface area contributed by atoms with Crippen LogP contribution in [0.5, 0.6) is 0 Å². The molecule has 6 nitrogen and oxygen atoms in total. The zero-order valence-corrected chi connectivity index (χ0v) is 11.8. The molecule has 1 amide bonds. The van der Waals surface area contributed by atoms with Crippen molar-refractivity contribution in [3.8, 4) is 0 Å². The number of carbonyl (C=O) groups is 1. The van der Waals surface area contributed by atoms with Crippen LogP contribution < -0.4 is 0 Å². The van der Waals surface area contributed by atoms with Gasteiger partial charge in [-0.15, -0.1) is 0 Å². The van der Waals surface area contributed by atoms with Crippen molar-refractivity contribution >= 4 is 11.6 Å². The molecule has 1 aromatic rings. The normalized spacial score (nSPS) is 10.5. The quantitative estimate of drug-likeness (QED) is 0.440. The van der Waals surface area contributed by atoms with Crippen LogP contribution in [-0.2, 0) is 4.74 Å². The zero-order valence-electron chi connectivity index (χ0n) is 11.8. The first kappa shape index (κ1) is 17.0. The van der Waals surface area contributed by atoms with Crippen LogP contribution in [0.1, 0.15) is 24.2 Å². The molecule has 0 bridgehead atoms. The molecule has 0 spiro atoms. The lowest BCUT2D eigenvalue weighted by molar-refractivity contribution is -0.385. The molecule has 8 heteroatoms. The Hall–Kier alpha value is -2.09. The predicted octanol–water partition coefficient (Wildman–Crippen LogP) is 2.37. The van der Waals surface area contributed by atoms with Crippen molar-refractivity contribution in [2.45, 2.75) is 13.8 Å². The summed E-state index contributed by atoms with van der Waals surface area (Å²) in [7, 11) is 0. The number of rotatable bonds is 7. The Balaban J connectivity index is 3.09. The first-order valence-corrected chi connectivity index (χ1v) is 6.42. The maximum atomic E-state index is 13.3. The molecule has 0 heterocycles. The fraction of sp³-hybridized carbons (Fsp3) is 0.462. The Morgan fingerprint density at radius 2 is 1.95 bits per heavy atom. The maximum absolute atomic E-state index is 13.3. The van der Waals surface area contributed by atoms with Gasteiger partial charge in [-0.25, -0.2) is 8.78 Å². The minimum Gasteiger partial charge on any atom is -0.380 e. The summed E-state index contributed by atoms with van der Waals surface area (Å²) in [6.45, 7) is 4.67. The number of nitro benzene ring substituents is 1. The third kappa shape index (κ3) is 4.19. The van der Waals surface area contributed by atoms with Gasteiger partial charge < -0.3 is 9.64 Å². The van der Waals surface area contributed by atoms with Gasteiger partial charge in [0.05, 0.1) is 17.6 Å². The van der Waals surface area contributed by atoms with Crippen LogP contribution >= 0.6 is 0 Å². The number of ether oxygens (including phenoxy) is 1. The van der Waals surface area contributed by atoms with E-state index < -0.39 is 33.7 Å². The van der Waals surface area contributed by atoms with Gasteiger partial charge in [-0.2, -0.15) is 0 Å². The molecule has 116 valence electrons. The van der Waals surface area contributed by atoms with Crippen molar-refractivity contribution in [1.82, 2.24) is 4.90 Å². The summed E-state index contributed by atoms with van der Waals surface area (Å²) < 4.78 is 31.5. The smallest absolute Gasteiger partial charge is 0.285 e. The monoisotopic (exact) mass is 302 g/mol. The Labute approximate surface area is 120 Å². The van der Waals surface area contributed by atoms with Gasteiger partial charge in [-0.3, -0.25) is 14.9 Å². The Morgan fingerprint density at radius 1 is 1.33 bits per heavy atom. The number of likely N-dealkylation sites (N-methyl/N-ethyl adjacent to an activating group) is 1. The third-order valence-corrected chi connectivity index (χ3v) is 2.84. The number of halogens is 2. The van der Waals surface area contributed by atoms with Gasteiger partial charge >= 0.3 is 0 Å². The second-order valence-corrected chi connectivity index (χ2v) is 4.12. The largest absolute Gasteiger partial charge is 0.380 e. The highest BCUT2D eigenvalue weighted by Crippen LogP contribution is 2.23. The summed E-state index contributed by atoms with van der Waals surface area (Å²) in [6, 6.07) is 0.970. The molecule has 1 rings (SSSR count). The summed E-state index contributed by atoms with van der Waals surface area (Å²) >= 11 is 0. The molecule has 1 aromatic carbocycles. The number of carbonyl (C=O) groups excluding carboxylic acids is 1. The lowest BCUT2D eigenvalue weighted by atomic mass is 10.1. The highest BCUT2D eigenvalue weighted by molar-refractivity contribution is 5.98. The van der Waals surface area contributed by atoms with E-state index in [1.54, 1.807) is 13.8 Å². The molecule has 0 saturated carbocycles. The maximum Gasteiger partial charge on any atom is 0.285 e. The number of benzene rings is 1. The van der Waals surface area contributed by atoms with Crippen molar-refractivity contribution in [3.63, 3.8) is 0 Å². The first-order valence-electron chi connectivity index (χ1n) is 6.42. The van der Waals surface area contributed by atoms with Crippen LogP contribution in [0.15, 0.2) is 12.1 Å². The second kappa shape index (κ2) is 7.63. The van der Waals surface area contributed by atoms with Crippen LogP contribution in [0.2, 0.25) is 0 Å². The Morgan fingerprint density at radius 3 is 2.48 bits per heavy atom. The molecule has 0 aromatic heterocycles. The van der Waals surface area contributed by atoms with Crippen LogP contribution in [0, 0.1) is 21.7 Å². The van der Waals surface area contributed by atoms with Gasteiger partial charge in [0.2, 0.25) is 0 Å². The zero-order chi connectivity index (χ0) is 16.0. The van der Waals surface area contributed by atoms with Gasteiger partial charge in [0, 0.05) is 19.7 Å². The number of nitrogens with zero attached hydrogens (tertiary/aromatic N) is 2. The average molecular weight is 302 g/mol. The van der Waals surface area contributed by atoms with E-state index in [4.69, 9.17) is 4.74 Å². The lowest BCUT2D eigenvalue weighted by Crippen LogP contribution is -2.34. The van der Waals surface area contributed by atoms with E-state index in [0.29, 0.717) is 18.7 Å². The van der Waals surface area contributed by atoms with E-state index in [9.17, 15) is 23.7 Å². The SMILES string of the molecule is CCOCCN(CC)C(=O)c1cc(F)c(F)cc1[N+](=O)[O-]. The fourth-order valence-electron chi connectivity index (χ4n) is 1.75. The third-order valence-electron chi connectivity index (χ3n) is 2.84. The van der Waals surface area contributed by atoms with Crippen molar-refractivity contribution in [1.29, 1.82) is 0 Å². The van der Waals surface area contributed by atoms with Crippen molar-refractivity contribution < 1.29 is 23.2 Å². The van der Waals surface area contributed by atoms with Crippen LogP contribution in [0.4, 0.5) is 14.5 Å². The molecule has 0 aliphatic carbocycles. The molecule has 0 atom stereocenters. The molecule has 0 saturated heterocycles. The molecule has 0 aliphatic rings. The fourth-order valence-corrected chi connectivity index (χ4v) is 1.75. The van der Waals surface area contributed by atoms with E-state index in [1.165, 1.54) is 4.90 Å². The summed E-state index contributed by atoms with van der Waals surface area (Å²) in [5.41, 5.74) is -1.23. The molecular formula is C13H16F2N2O4. The molecule has 0 fully saturated rings.